The SMILES string of the molecule is CCNC(=NCC(O)c1ccc(Cl)s1)NCCCS(=O)(=O)c1ccccc1.I. The van der Waals surface area contributed by atoms with Crippen LogP contribution in [0.4, 0.5) is 0 Å². The van der Waals surface area contributed by atoms with Gasteiger partial charge in [0.2, 0.25) is 0 Å². The average Bonchev–Trinajstić information content (AvgIpc) is 3.10. The van der Waals surface area contributed by atoms with E-state index >= 15 is 0 Å². The molecule has 6 nitrogen and oxygen atoms in total. The summed E-state index contributed by atoms with van der Waals surface area (Å²) in [7, 11) is -3.28. The zero-order chi connectivity index (χ0) is 19.7. The lowest BCUT2D eigenvalue weighted by Gasteiger charge is -2.12. The second-order valence-electron chi connectivity index (χ2n) is 5.79. The minimum atomic E-state index is -3.28. The Morgan fingerprint density at radius 2 is 1.93 bits per heavy atom. The van der Waals surface area contributed by atoms with Gasteiger partial charge in [-0.15, -0.1) is 35.3 Å². The van der Waals surface area contributed by atoms with E-state index in [1.54, 1.807) is 42.5 Å². The summed E-state index contributed by atoms with van der Waals surface area (Å²) in [6, 6.07) is 11.9. The van der Waals surface area contributed by atoms with Gasteiger partial charge in [0.25, 0.3) is 0 Å². The topological polar surface area (TPSA) is 90.8 Å². The van der Waals surface area contributed by atoms with Gasteiger partial charge >= 0.3 is 0 Å². The van der Waals surface area contributed by atoms with E-state index in [1.165, 1.54) is 11.3 Å². The van der Waals surface area contributed by atoms with Gasteiger partial charge in [-0.3, -0.25) is 4.99 Å². The number of benzene rings is 1. The first-order chi connectivity index (χ1) is 12.9. The fourth-order valence-corrected chi connectivity index (χ4v) is 4.70. The number of guanidine groups is 1. The van der Waals surface area contributed by atoms with Gasteiger partial charge in [-0.05, 0) is 37.6 Å². The Kier molecular flexibility index (Phi) is 11.4. The van der Waals surface area contributed by atoms with Crippen LogP contribution in [0, 0.1) is 0 Å². The quantitative estimate of drug-likeness (QED) is 0.190. The summed E-state index contributed by atoms with van der Waals surface area (Å²) in [6.45, 7) is 3.24. The maximum Gasteiger partial charge on any atom is 0.191 e. The number of halogens is 2. The Bertz CT molecular complexity index is 845. The van der Waals surface area contributed by atoms with Gasteiger partial charge < -0.3 is 15.7 Å². The highest BCUT2D eigenvalue weighted by Crippen LogP contribution is 2.26. The summed E-state index contributed by atoms with van der Waals surface area (Å²) in [5.74, 6) is 0.594. The van der Waals surface area contributed by atoms with Crippen LogP contribution in [-0.2, 0) is 9.84 Å². The van der Waals surface area contributed by atoms with Crippen LogP contribution in [0.2, 0.25) is 4.34 Å². The van der Waals surface area contributed by atoms with Crippen LogP contribution in [0.1, 0.15) is 24.3 Å². The van der Waals surface area contributed by atoms with Crippen LogP contribution >= 0.6 is 46.9 Å². The molecule has 0 saturated carbocycles. The monoisotopic (exact) mass is 557 g/mol. The fourth-order valence-electron chi connectivity index (χ4n) is 2.33. The van der Waals surface area contributed by atoms with Gasteiger partial charge in [-0.25, -0.2) is 8.42 Å². The van der Waals surface area contributed by atoms with Gasteiger partial charge in [0, 0.05) is 18.0 Å². The number of thiophene rings is 1. The second-order valence-corrected chi connectivity index (χ2v) is 9.65. The predicted molar refractivity (Wildman–Crippen MR) is 127 cm³/mol. The van der Waals surface area contributed by atoms with Gasteiger partial charge in [0.15, 0.2) is 15.8 Å². The molecule has 1 atom stereocenters. The summed E-state index contributed by atoms with van der Waals surface area (Å²) in [5.41, 5.74) is 0. The third-order valence-corrected chi connectivity index (χ3v) is 6.82. The molecule has 28 heavy (non-hydrogen) atoms. The Balaban J connectivity index is 0.00000392. The third kappa shape index (κ3) is 8.24. The first-order valence-electron chi connectivity index (χ1n) is 8.65. The standard InChI is InChI=1S/C18H24ClN3O3S2.HI/c1-2-20-18(22-13-15(23)16-9-10-17(19)26-16)21-11-6-12-27(24,25)14-7-4-3-5-8-14;/h3-5,7-10,15,23H,2,6,11-13H2,1H3,(H2,20,21,22);1H. The van der Waals surface area contributed by atoms with Crippen molar-refractivity contribution >= 4 is 62.7 Å². The summed E-state index contributed by atoms with van der Waals surface area (Å²) in [4.78, 5) is 5.44. The number of rotatable bonds is 9. The van der Waals surface area contributed by atoms with Gasteiger partial charge in [-0.2, -0.15) is 0 Å². The van der Waals surface area contributed by atoms with E-state index in [2.05, 4.69) is 15.6 Å². The first-order valence-corrected chi connectivity index (χ1v) is 11.5. The highest BCUT2D eigenvalue weighted by atomic mass is 127. The van der Waals surface area contributed by atoms with Gasteiger partial charge in [-0.1, -0.05) is 29.8 Å². The zero-order valence-electron chi connectivity index (χ0n) is 15.5. The highest BCUT2D eigenvalue weighted by Gasteiger charge is 2.13. The largest absolute Gasteiger partial charge is 0.386 e. The summed E-state index contributed by atoms with van der Waals surface area (Å²) < 4.78 is 25.1. The van der Waals surface area contributed by atoms with Crippen LogP contribution in [0.15, 0.2) is 52.4 Å². The van der Waals surface area contributed by atoms with Gasteiger partial charge in [0.1, 0.15) is 6.10 Å². The van der Waals surface area contributed by atoms with Crippen LogP contribution in [0.5, 0.6) is 0 Å². The Morgan fingerprint density at radius 3 is 2.54 bits per heavy atom. The number of sulfone groups is 1. The molecule has 0 aliphatic carbocycles. The maximum atomic E-state index is 12.3. The molecule has 1 heterocycles. The molecule has 1 unspecified atom stereocenters. The van der Waals surface area contributed by atoms with Crippen LogP contribution < -0.4 is 10.6 Å². The van der Waals surface area contributed by atoms with Crippen molar-refractivity contribution in [2.75, 3.05) is 25.4 Å². The van der Waals surface area contributed by atoms with Crippen molar-refractivity contribution in [1.82, 2.24) is 10.6 Å². The molecule has 0 aliphatic rings. The molecule has 1 aromatic carbocycles. The number of hydrogen-bond acceptors (Lipinski definition) is 5. The number of aliphatic hydroxyl groups is 1. The molecule has 10 heteroatoms. The number of aliphatic hydroxyl groups excluding tert-OH is 1. The number of hydrogen-bond donors (Lipinski definition) is 3. The van der Waals surface area contributed by atoms with Crippen LogP contribution in [0.3, 0.4) is 0 Å². The van der Waals surface area contributed by atoms with E-state index < -0.39 is 15.9 Å². The van der Waals surface area contributed by atoms with E-state index in [9.17, 15) is 13.5 Å². The predicted octanol–water partition coefficient (Wildman–Crippen LogP) is 3.47. The van der Waals surface area contributed by atoms with Crippen LogP contribution in [-0.4, -0.2) is 44.9 Å². The van der Waals surface area contributed by atoms with Crippen molar-refractivity contribution in [3.8, 4) is 0 Å². The Morgan fingerprint density at radius 1 is 1.21 bits per heavy atom. The zero-order valence-corrected chi connectivity index (χ0v) is 20.2. The highest BCUT2D eigenvalue weighted by molar-refractivity contribution is 14.0. The molecule has 2 aromatic rings. The summed E-state index contributed by atoms with van der Waals surface area (Å²) >= 11 is 7.20. The summed E-state index contributed by atoms with van der Waals surface area (Å²) in [6.07, 6.45) is -0.276. The second kappa shape index (κ2) is 12.6. The minimum Gasteiger partial charge on any atom is -0.386 e. The average molecular weight is 558 g/mol. The Hall–Kier alpha value is -0.880. The molecule has 0 amide bonds. The molecule has 0 radical (unpaired) electrons. The van der Waals surface area contributed by atoms with Crippen molar-refractivity contribution in [2.45, 2.75) is 24.3 Å². The molecule has 1 aromatic heterocycles. The molecule has 0 fully saturated rings. The lowest BCUT2D eigenvalue weighted by Crippen LogP contribution is -2.38. The molecule has 2 rings (SSSR count). The molecule has 0 aliphatic heterocycles. The van der Waals surface area contributed by atoms with E-state index in [0.717, 1.165) is 4.88 Å². The number of aliphatic imine (C=N–C) groups is 1. The van der Waals surface area contributed by atoms with Crippen molar-refractivity contribution in [3.05, 3.63) is 51.7 Å². The van der Waals surface area contributed by atoms with Crippen molar-refractivity contribution in [2.24, 2.45) is 4.99 Å². The maximum absolute atomic E-state index is 12.3. The smallest absolute Gasteiger partial charge is 0.191 e. The lowest BCUT2D eigenvalue weighted by molar-refractivity contribution is 0.191. The minimum absolute atomic E-state index is 0. The van der Waals surface area contributed by atoms with Crippen molar-refractivity contribution in [3.63, 3.8) is 0 Å². The summed E-state index contributed by atoms with van der Waals surface area (Å²) in [5, 5.41) is 16.3. The van der Waals surface area contributed by atoms with Crippen LogP contribution in [0.25, 0.3) is 0 Å². The van der Waals surface area contributed by atoms with E-state index in [1.807, 2.05) is 6.92 Å². The fraction of sp³-hybridized carbons (Fsp3) is 0.389. The Labute approximate surface area is 192 Å². The molecular formula is C18H25ClIN3O3S2. The molecule has 3 N–H and O–H groups in total. The lowest BCUT2D eigenvalue weighted by atomic mass is 10.3. The number of nitrogens with zero attached hydrogens (tertiary/aromatic N) is 1. The van der Waals surface area contributed by atoms with Gasteiger partial charge in [0.05, 0.1) is 21.5 Å². The number of nitrogens with one attached hydrogen (secondary N) is 2. The van der Waals surface area contributed by atoms with E-state index in [0.29, 0.717) is 34.7 Å². The molecule has 156 valence electrons. The normalized spacial score (nSPS) is 12.9. The third-order valence-electron chi connectivity index (χ3n) is 3.67. The van der Waals surface area contributed by atoms with E-state index in [-0.39, 0.29) is 36.3 Å². The van der Waals surface area contributed by atoms with E-state index in [4.69, 9.17) is 11.6 Å². The van der Waals surface area contributed by atoms with Crippen molar-refractivity contribution in [1.29, 1.82) is 0 Å². The molecule has 0 bridgehead atoms. The molecule has 0 spiro atoms. The first kappa shape index (κ1) is 25.2. The van der Waals surface area contributed by atoms with Crippen molar-refractivity contribution < 1.29 is 13.5 Å². The molecule has 0 saturated heterocycles. The molecular weight excluding hydrogens is 533 g/mol.